The van der Waals surface area contributed by atoms with E-state index >= 15 is 0 Å². The van der Waals surface area contributed by atoms with Gasteiger partial charge in [-0.25, -0.2) is 4.39 Å². The van der Waals surface area contributed by atoms with E-state index in [1.54, 1.807) is 12.1 Å². The molecule has 3 rings (SSSR count). The maximum atomic E-state index is 14.2. The Bertz CT molecular complexity index is 792. The van der Waals surface area contributed by atoms with Crippen molar-refractivity contribution in [2.45, 2.75) is 12.8 Å². The van der Waals surface area contributed by atoms with Crippen molar-refractivity contribution in [1.29, 1.82) is 5.26 Å². The van der Waals surface area contributed by atoms with Gasteiger partial charge in [0.25, 0.3) is 0 Å². The van der Waals surface area contributed by atoms with E-state index in [0.717, 1.165) is 25.9 Å². The molecular weight excluding hydrogens is 337 g/mol. The highest BCUT2D eigenvalue weighted by molar-refractivity contribution is 5.74. The molecule has 0 unspecified atom stereocenters. The molecule has 2 N–H and O–H groups in total. The molecule has 1 aliphatic heterocycles. The Labute approximate surface area is 150 Å². The van der Waals surface area contributed by atoms with E-state index in [9.17, 15) is 9.65 Å². The lowest BCUT2D eigenvalue weighted by Crippen LogP contribution is -2.32. The molecule has 2 aromatic rings. The van der Waals surface area contributed by atoms with Gasteiger partial charge in [-0.05, 0) is 56.2 Å². The number of benzene rings is 1. The Morgan fingerprint density at radius 1 is 1.50 bits per heavy atom. The molecule has 1 fully saturated rings. The zero-order valence-corrected chi connectivity index (χ0v) is 14.4. The monoisotopic (exact) mass is 357 g/mol. The lowest BCUT2D eigenvalue weighted by atomic mass is 9.98. The largest absolute Gasteiger partial charge is 0.488 e. The van der Waals surface area contributed by atoms with Crippen LogP contribution in [-0.4, -0.2) is 52.3 Å². The van der Waals surface area contributed by atoms with Gasteiger partial charge in [-0.1, -0.05) is 6.07 Å². The first kappa shape index (κ1) is 17.8. The van der Waals surface area contributed by atoms with Gasteiger partial charge in [-0.2, -0.15) is 10.5 Å². The second-order valence-electron chi connectivity index (χ2n) is 6.22. The first-order chi connectivity index (χ1) is 12.7. The average molecular weight is 357 g/mol. The first-order valence-corrected chi connectivity index (χ1v) is 8.38. The van der Waals surface area contributed by atoms with Crippen LogP contribution in [0.1, 0.15) is 18.7 Å². The van der Waals surface area contributed by atoms with Gasteiger partial charge in [0.05, 0.1) is 12.3 Å². The minimum Gasteiger partial charge on any atom is -0.488 e. The summed E-state index contributed by atoms with van der Waals surface area (Å²) < 4.78 is 20.0. The fraction of sp³-hybridized carbons (Fsp3) is 0.412. The summed E-state index contributed by atoms with van der Waals surface area (Å²) in [6.45, 7) is 2.51. The summed E-state index contributed by atoms with van der Waals surface area (Å²) in [6, 6.07) is 6.59. The number of para-hydroxylation sites is 1. The van der Waals surface area contributed by atoms with Crippen LogP contribution in [0.4, 0.5) is 10.1 Å². The normalized spacial score (nSPS) is 16.3. The summed E-state index contributed by atoms with van der Waals surface area (Å²) in [7, 11) is 2.10. The van der Waals surface area contributed by atoms with Crippen LogP contribution in [-0.2, 0) is 0 Å². The van der Waals surface area contributed by atoms with E-state index in [1.807, 2.05) is 6.07 Å². The summed E-state index contributed by atoms with van der Waals surface area (Å²) in [5, 5.41) is 25.3. The summed E-state index contributed by atoms with van der Waals surface area (Å²) in [4.78, 5) is 2.28. The number of ether oxygens (including phenoxy) is 1. The molecule has 1 aromatic carbocycles. The van der Waals surface area contributed by atoms with E-state index < -0.39 is 5.82 Å². The number of allylic oxidation sites excluding steroid dienone is 1. The predicted molar refractivity (Wildman–Crippen MR) is 93.5 cm³/mol. The van der Waals surface area contributed by atoms with Gasteiger partial charge < -0.3 is 15.0 Å². The number of anilines is 1. The van der Waals surface area contributed by atoms with E-state index in [2.05, 4.69) is 37.9 Å². The van der Waals surface area contributed by atoms with Gasteiger partial charge in [0.1, 0.15) is 11.6 Å². The zero-order valence-electron chi connectivity index (χ0n) is 14.4. The number of tetrazole rings is 1. The van der Waals surface area contributed by atoms with E-state index in [0.29, 0.717) is 18.2 Å². The Hall–Kier alpha value is -2.99. The minimum absolute atomic E-state index is 0.146. The maximum absolute atomic E-state index is 14.2. The average Bonchev–Trinajstić information content (AvgIpc) is 3.17. The highest BCUT2D eigenvalue weighted by atomic mass is 19.1. The zero-order chi connectivity index (χ0) is 18.4. The second kappa shape index (κ2) is 8.40. The maximum Gasteiger partial charge on any atom is 0.216 e. The standard InChI is InChI=1S/C17H20FN7O/c1-25-7-5-12(6-8-25)11-26-16-14(18)3-2-4-15(16)20-10-13(9-19)17-21-23-24-22-17/h2-4,10,12,20H,5-8,11H2,1H3,(H,21,22,23,24). The molecule has 0 spiro atoms. The van der Waals surface area contributed by atoms with Crippen molar-refractivity contribution in [3.8, 4) is 11.8 Å². The number of H-pyrrole nitrogens is 1. The molecule has 1 saturated heterocycles. The number of nitriles is 1. The number of halogens is 1. The van der Waals surface area contributed by atoms with Crippen LogP contribution in [0.2, 0.25) is 0 Å². The van der Waals surface area contributed by atoms with Crippen molar-refractivity contribution < 1.29 is 9.13 Å². The quantitative estimate of drug-likeness (QED) is 0.763. The number of rotatable bonds is 6. The molecule has 0 saturated carbocycles. The van der Waals surface area contributed by atoms with Gasteiger partial charge in [0, 0.05) is 6.20 Å². The molecule has 0 amide bonds. The Morgan fingerprint density at radius 2 is 2.31 bits per heavy atom. The first-order valence-electron chi connectivity index (χ1n) is 8.38. The fourth-order valence-electron chi connectivity index (χ4n) is 2.77. The molecule has 1 aliphatic rings. The number of nitrogens with one attached hydrogen (secondary N) is 2. The Balaban J connectivity index is 1.70. The molecule has 0 bridgehead atoms. The van der Waals surface area contributed by atoms with E-state index in [4.69, 9.17) is 4.74 Å². The van der Waals surface area contributed by atoms with Gasteiger partial charge in [-0.15, -0.1) is 10.2 Å². The van der Waals surface area contributed by atoms with Crippen molar-refractivity contribution >= 4 is 11.3 Å². The molecule has 9 heteroatoms. The smallest absolute Gasteiger partial charge is 0.216 e. The van der Waals surface area contributed by atoms with Crippen molar-refractivity contribution in [3.05, 3.63) is 36.0 Å². The number of piperidine rings is 1. The van der Waals surface area contributed by atoms with Crippen molar-refractivity contribution in [1.82, 2.24) is 25.5 Å². The van der Waals surface area contributed by atoms with Crippen LogP contribution >= 0.6 is 0 Å². The molecule has 26 heavy (non-hydrogen) atoms. The third-order valence-corrected chi connectivity index (χ3v) is 4.35. The number of aromatic amines is 1. The van der Waals surface area contributed by atoms with Gasteiger partial charge >= 0.3 is 0 Å². The lowest BCUT2D eigenvalue weighted by molar-refractivity contribution is 0.157. The highest BCUT2D eigenvalue weighted by Gasteiger charge is 2.19. The fourth-order valence-corrected chi connectivity index (χ4v) is 2.77. The van der Waals surface area contributed by atoms with Gasteiger partial charge in [0.2, 0.25) is 5.82 Å². The number of nitrogens with zero attached hydrogens (tertiary/aromatic N) is 5. The second-order valence-corrected chi connectivity index (χ2v) is 6.22. The van der Waals surface area contributed by atoms with Crippen molar-refractivity contribution in [2.24, 2.45) is 5.92 Å². The summed E-state index contributed by atoms with van der Waals surface area (Å²) in [5.74, 6) is 0.260. The Morgan fingerprint density at radius 3 is 3.00 bits per heavy atom. The molecule has 0 atom stereocenters. The van der Waals surface area contributed by atoms with Crippen molar-refractivity contribution in [2.75, 3.05) is 32.1 Å². The van der Waals surface area contributed by atoms with Crippen LogP contribution in [0.15, 0.2) is 24.4 Å². The van der Waals surface area contributed by atoms with E-state index in [1.165, 1.54) is 12.3 Å². The van der Waals surface area contributed by atoms with Gasteiger partial charge in [-0.3, -0.25) is 0 Å². The summed E-state index contributed by atoms with van der Waals surface area (Å²) in [6.07, 6.45) is 3.47. The number of likely N-dealkylation sites (tertiary alicyclic amines) is 1. The van der Waals surface area contributed by atoms with Crippen LogP contribution in [0.3, 0.4) is 0 Å². The number of hydrogen-bond donors (Lipinski definition) is 2. The van der Waals surface area contributed by atoms with Crippen molar-refractivity contribution in [3.63, 3.8) is 0 Å². The van der Waals surface area contributed by atoms with E-state index in [-0.39, 0.29) is 17.1 Å². The molecule has 0 radical (unpaired) electrons. The molecule has 2 heterocycles. The van der Waals surface area contributed by atoms with Crippen LogP contribution in [0.5, 0.6) is 5.75 Å². The minimum atomic E-state index is -0.450. The lowest BCUT2D eigenvalue weighted by Gasteiger charge is -2.29. The van der Waals surface area contributed by atoms with Crippen LogP contribution in [0.25, 0.3) is 5.57 Å². The number of aromatic nitrogens is 4. The van der Waals surface area contributed by atoms with Gasteiger partial charge in [0.15, 0.2) is 11.6 Å². The topological polar surface area (TPSA) is 103 Å². The SMILES string of the molecule is CN1CCC(COc2c(F)cccc2NC=C(C#N)c2nn[nH]n2)CC1. The molecule has 0 aliphatic carbocycles. The van der Waals surface area contributed by atoms with Crippen LogP contribution < -0.4 is 10.1 Å². The summed E-state index contributed by atoms with van der Waals surface area (Å²) in [5.41, 5.74) is 0.610. The highest BCUT2D eigenvalue weighted by Crippen LogP contribution is 2.29. The molecule has 8 nitrogen and oxygen atoms in total. The predicted octanol–water partition coefficient (Wildman–Crippen LogP) is 2.04. The molecular formula is C17H20FN7O. The number of hydrogen-bond acceptors (Lipinski definition) is 7. The molecule has 136 valence electrons. The Kier molecular flexibility index (Phi) is 5.76. The van der Waals surface area contributed by atoms with Crippen LogP contribution in [0, 0.1) is 23.1 Å². The third kappa shape index (κ3) is 4.34. The summed E-state index contributed by atoms with van der Waals surface area (Å²) >= 11 is 0. The third-order valence-electron chi connectivity index (χ3n) is 4.35. The molecule has 1 aromatic heterocycles.